The third kappa shape index (κ3) is 2.95. The highest BCUT2D eigenvalue weighted by atomic mass is 16.5. The van der Waals surface area contributed by atoms with E-state index in [2.05, 4.69) is 6.58 Å². The van der Waals surface area contributed by atoms with Crippen LogP contribution in [0, 0.1) is 16.7 Å². The van der Waals surface area contributed by atoms with Crippen LogP contribution in [0.5, 0.6) is 5.75 Å². The van der Waals surface area contributed by atoms with Gasteiger partial charge in [0, 0.05) is 41.6 Å². The second-order valence-electron chi connectivity index (χ2n) is 11.8. The highest BCUT2D eigenvalue weighted by Gasteiger charge is 2.70. The number of ketones is 2. The Kier molecular flexibility index (Phi) is 5.60. The normalized spacial score (nSPS) is 36.3. The summed E-state index contributed by atoms with van der Waals surface area (Å²) in [7, 11) is 0. The number of phenolic OH excluding ortho intramolecular Hbond substituents is 1. The van der Waals surface area contributed by atoms with E-state index in [4.69, 9.17) is 4.74 Å². The molecule has 0 spiro atoms. The lowest BCUT2D eigenvalue weighted by atomic mass is 9.42. The standard InChI is InChI=1S/C30H36O7/c1-14-22-19(7-8-20(25(22)33)18-9-11-37-12-10-18)15(2)29(6)17(4)28(5)13-21(32)23(16(3)31)26(34)30(28,36)27(35)24(14)29/h7-8,15,17-18,33-36H,1,9-13H2,2-6H3/t15-,17+,28+,29-,30+/m1/s1. The molecule has 0 radical (unpaired) electrons. The molecule has 0 saturated carbocycles. The zero-order chi connectivity index (χ0) is 27.2. The van der Waals surface area contributed by atoms with E-state index >= 15 is 0 Å². The van der Waals surface area contributed by atoms with Gasteiger partial charge in [0.25, 0.3) is 0 Å². The molecule has 1 heterocycles. The number of phenols is 1. The molecule has 4 N–H and O–H groups in total. The molecule has 5 rings (SSSR count). The average molecular weight is 509 g/mol. The van der Waals surface area contributed by atoms with Gasteiger partial charge in [-0.05, 0) is 54.2 Å². The summed E-state index contributed by atoms with van der Waals surface area (Å²) in [6, 6.07) is 3.98. The number of carbonyl (C=O) groups excluding carboxylic acids is 2. The van der Waals surface area contributed by atoms with Gasteiger partial charge in [0.2, 0.25) is 0 Å². The first-order chi connectivity index (χ1) is 17.2. The molecule has 3 aliphatic carbocycles. The highest BCUT2D eigenvalue weighted by Crippen LogP contribution is 2.70. The van der Waals surface area contributed by atoms with Gasteiger partial charge in [0.1, 0.15) is 22.8 Å². The molecule has 5 atom stereocenters. The fourth-order valence-electron chi connectivity index (χ4n) is 7.81. The Balaban J connectivity index is 1.80. The predicted molar refractivity (Wildman–Crippen MR) is 138 cm³/mol. The van der Waals surface area contributed by atoms with E-state index in [-0.39, 0.29) is 24.0 Å². The Bertz CT molecular complexity index is 1310. The zero-order valence-corrected chi connectivity index (χ0v) is 22.1. The van der Waals surface area contributed by atoms with Gasteiger partial charge in [-0.2, -0.15) is 0 Å². The molecule has 1 aromatic carbocycles. The lowest BCUT2D eigenvalue weighted by molar-refractivity contribution is -0.158. The highest BCUT2D eigenvalue weighted by molar-refractivity contribution is 6.21. The van der Waals surface area contributed by atoms with E-state index < -0.39 is 51.0 Å². The van der Waals surface area contributed by atoms with Gasteiger partial charge >= 0.3 is 0 Å². The van der Waals surface area contributed by atoms with Crippen molar-refractivity contribution in [2.24, 2.45) is 16.7 Å². The Hall–Kier alpha value is -2.90. The molecule has 37 heavy (non-hydrogen) atoms. The van der Waals surface area contributed by atoms with Gasteiger partial charge in [-0.25, -0.2) is 0 Å². The van der Waals surface area contributed by atoms with Crippen LogP contribution < -0.4 is 0 Å². The van der Waals surface area contributed by atoms with E-state index in [0.717, 1.165) is 30.9 Å². The van der Waals surface area contributed by atoms with Crippen LogP contribution in [-0.4, -0.2) is 50.8 Å². The number of allylic oxidation sites excluding steroid dienone is 3. The van der Waals surface area contributed by atoms with Crippen molar-refractivity contribution in [1.82, 2.24) is 0 Å². The molecule has 0 unspecified atom stereocenters. The summed E-state index contributed by atoms with van der Waals surface area (Å²) in [6.07, 6.45) is 1.36. The lowest BCUT2D eigenvalue weighted by Gasteiger charge is -2.62. The number of Topliss-reactive ketones (excluding diaryl/α,β-unsaturated/α-hetero) is 2. The van der Waals surface area contributed by atoms with E-state index in [1.165, 1.54) is 0 Å². The van der Waals surface area contributed by atoms with E-state index in [1.54, 1.807) is 6.92 Å². The number of carbonyl (C=O) groups is 2. The van der Waals surface area contributed by atoms with Crippen molar-refractivity contribution in [1.29, 1.82) is 0 Å². The van der Waals surface area contributed by atoms with Crippen LogP contribution >= 0.6 is 0 Å². The fourth-order valence-corrected chi connectivity index (χ4v) is 7.81. The first kappa shape index (κ1) is 25.7. The molecular weight excluding hydrogens is 472 g/mol. The third-order valence-electron chi connectivity index (χ3n) is 10.4. The van der Waals surface area contributed by atoms with Gasteiger partial charge < -0.3 is 25.2 Å². The quantitative estimate of drug-likeness (QED) is 0.415. The van der Waals surface area contributed by atoms with Crippen molar-refractivity contribution in [3.63, 3.8) is 0 Å². The van der Waals surface area contributed by atoms with Gasteiger partial charge in [0.15, 0.2) is 17.2 Å². The van der Waals surface area contributed by atoms with Gasteiger partial charge in [-0.15, -0.1) is 0 Å². The molecule has 0 bridgehead atoms. The minimum absolute atomic E-state index is 0.111. The van der Waals surface area contributed by atoms with Crippen LogP contribution in [0.3, 0.4) is 0 Å². The molecule has 0 amide bonds. The smallest absolute Gasteiger partial charge is 0.185 e. The van der Waals surface area contributed by atoms with Crippen molar-refractivity contribution < 1.29 is 34.8 Å². The maximum Gasteiger partial charge on any atom is 0.185 e. The SMILES string of the molecule is C=C1C2=C(O)[C@@]3(O)C(O)=C(C(C)=O)C(=O)C[C@@]3(C)[C@H](C)[C@@]2(C)[C@H](C)c2ccc(C3CCOCC3)c(O)c21. The molecule has 1 saturated heterocycles. The molecule has 1 aliphatic heterocycles. The summed E-state index contributed by atoms with van der Waals surface area (Å²) < 4.78 is 5.49. The van der Waals surface area contributed by atoms with Crippen LogP contribution in [0.15, 0.2) is 41.4 Å². The summed E-state index contributed by atoms with van der Waals surface area (Å²) in [5.41, 5.74) is -2.02. The van der Waals surface area contributed by atoms with Gasteiger partial charge in [-0.3, -0.25) is 9.59 Å². The van der Waals surface area contributed by atoms with Gasteiger partial charge in [-0.1, -0.05) is 46.4 Å². The first-order valence-electron chi connectivity index (χ1n) is 13.0. The summed E-state index contributed by atoms with van der Waals surface area (Å²) in [5.74, 6) is -2.98. The largest absolute Gasteiger partial charge is 0.508 e. The van der Waals surface area contributed by atoms with Crippen molar-refractivity contribution in [2.75, 3.05) is 13.2 Å². The molecule has 198 valence electrons. The number of hydrogen-bond acceptors (Lipinski definition) is 7. The molecule has 7 nitrogen and oxygen atoms in total. The topological polar surface area (TPSA) is 124 Å². The lowest BCUT2D eigenvalue weighted by Crippen LogP contribution is -2.65. The number of aliphatic hydroxyl groups excluding tert-OH is 2. The van der Waals surface area contributed by atoms with E-state index in [1.807, 2.05) is 32.9 Å². The summed E-state index contributed by atoms with van der Waals surface area (Å²) in [5, 5.41) is 46.7. The average Bonchev–Trinajstić information content (AvgIpc) is 2.84. The van der Waals surface area contributed by atoms with Crippen molar-refractivity contribution >= 4 is 17.1 Å². The third-order valence-corrected chi connectivity index (χ3v) is 10.4. The van der Waals surface area contributed by atoms with Crippen molar-refractivity contribution in [3.8, 4) is 5.75 Å². The van der Waals surface area contributed by atoms with Crippen LogP contribution in [0.2, 0.25) is 0 Å². The van der Waals surface area contributed by atoms with E-state index in [9.17, 15) is 30.0 Å². The Morgan fingerprint density at radius 3 is 2.24 bits per heavy atom. The zero-order valence-electron chi connectivity index (χ0n) is 22.1. The summed E-state index contributed by atoms with van der Waals surface area (Å²) >= 11 is 0. The Morgan fingerprint density at radius 1 is 1.05 bits per heavy atom. The van der Waals surface area contributed by atoms with Crippen LogP contribution in [0.1, 0.15) is 82.4 Å². The monoisotopic (exact) mass is 508 g/mol. The number of benzene rings is 1. The maximum atomic E-state index is 13.0. The molecular formula is C30H36O7. The number of fused-ring (bicyclic) bond motifs is 3. The molecule has 4 aliphatic rings. The van der Waals surface area contributed by atoms with Crippen LogP contribution in [0.25, 0.3) is 5.57 Å². The number of ether oxygens (including phenoxy) is 1. The minimum atomic E-state index is -2.36. The van der Waals surface area contributed by atoms with Crippen molar-refractivity contribution in [3.05, 3.63) is 58.1 Å². The summed E-state index contributed by atoms with van der Waals surface area (Å²) in [6.45, 7) is 14.3. The molecule has 7 heteroatoms. The molecule has 1 fully saturated rings. The van der Waals surface area contributed by atoms with E-state index in [0.29, 0.717) is 29.9 Å². The number of hydrogen-bond donors (Lipinski definition) is 4. The van der Waals surface area contributed by atoms with Crippen LogP contribution in [-0.2, 0) is 14.3 Å². The number of aliphatic hydroxyl groups is 3. The Morgan fingerprint density at radius 2 is 1.65 bits per heavy atom. The number of rotatable bonds is 2. The maximum absolute atomic E-state index is 13.0. The fraction of sp³-hybridized carbons (Fsp3) is 0.533. The Labute approximate surface area is 217 Å². The van der Waals surface area contributed by atoms with Gasteiger partial charge in [0.05, 0.1) is 0 Å². The van der Waals surface area contributed by atoms with Crippen LogP contribution in [0.4, 0.5) is 0 Å². The second-order valence-corrected chi connectivity index (χ2v) is 11.8. The summed E-state index contributed by atoms with van der Waals surface area (Å²) in [4.78, 5) is 25.3. The van der Waals surface area contributed by atoms with Crippen molar-refractivity contribution in [2.45, 2.75) is 71.3 Å². The minimum Gasteiger partial charge on any atom is -0.508 e. The number of aromatic hydroxyl groups is 1. The molecule has 1 aromatic rings. The molecule has 0 aromatic heterocycles. The first-order valence-corrected chi connectivity index (χ1v) is 13.0. The predicted octanol–water partition coefficient (Wildman–Crippen LogP) is 5.00. The second kappa shape index (κ2) is 8.05.